The maximum absolute atomic E-state index is 12.4. The normalized spacial score (nSPS) is 20.2. The molecule has 0 aromatic heterocycles. The van der Waals surface area contributed by atoms with E-state index < -0.39 is 9.84 Å². The van der Waals surface area contributed by atoms with E-state index in [2.05, 4.69) is 0 Å². The maximum Gasteiger partial charge on any atom is 0.253 e. The molecule has 7 heteroatoms. The second-order valence-electron chi connectivity index (χ2n) is 5.05. The summed E-state index contributed by atoms with van der Waals surface area (Å²) in [5, 5.41) is 0.371. The molecule has 5 nitrogen and oxygen atoms in total. The van der Waals surface area contributed by atoms with Crippen LogP contribution in [0.4, 0.5) is 0 Å². The average Bonchev–Trinajstić information content (AvgIpc) is 2.80. The number of amides is 1. The lowest BCUT2D eigenvalue weighted by molar-refractivity contribution is 0.0747. The molecule has 1 unspecified atom stereocenters. The SMILES string of the molecule is CCOc1ccc(C(=O)N(C)C2CCS(=O)(=O)C2)cc1Cl. The van der Waals surface area contributed by atoms with E-state index >= 15 is 0 Å². The molecule has 0 bridgehead atoms. The summed E-state index contributed by atoms with van der Waals surface area (Å²) < 4.78 is 28.3. The van der Waals surface area contributed by atoms with Gasteiger partial charge in [-0.1, -0.05) is 11.6 Å². The molecule has 0 saturated carbocycles. The first-order valence-electron chi connectivity index (χ1n) is 6.74. The van der Waals surface area contributed by atoms with Crippen molar-refractivity contribution >= 4 is 27.3 Å². The molecule has 1 saturated heterocycles. The van der Waals surface area contributed by atoms with Gasteiger partial charge in [-0.2, -0.15) is 0 Å². The third kappa shape index (κ3) is 3.68. The Labute approximate surface area is 129 Å². The van der Waals surface area contributed by atoms with Crippen LogP contribution in [-0.2, 0) is 9.84 Å². The van der Waals surface area contributed by atoms with Crippen molar-refractivity contribution in [3.63, 3.8) is 0 Å². The van der Waals surface area contributed by atoms with Crippen LogP contribution in [0.2, 0.25) is 5.02 Å². The largest absolute Gasteiger partial charge is 0.492 e. The molecule has 1 aliphatic rings. The summed E-state index contributed by atoms with van der Waals surface area (Å²) in [7, 11) is -1.40. The zero-order chi connectivity index (χ0) is 15.6. The van der Waals surface area contributed by atoms with Crippen molar-refractivity contribution in [1.29, 1.82) is 0 Å². The quantitative estimate of drug-likeness (QED) is 0.846. The van der Waals surface area contributed by atoms with Gasteiger partial charge < -0.3 is 9.64 Å². The van der Waals surface area contributed by atoms with Crippen molar-refractivity contribution in [1.82, 2.24) is 4.90 Å². The number of hydrogen-bond donors (Lipinski definition) is 0. The highest BCUT2D eigenvalue weighted by Gasteiger charge is 2.33. The standard InChI is InChI=1S/C14H18ClNO4S/c1-3-20-13-5-4-10(8-12(13)15)14(17)16(2)11-6-7-21(18,19)9-11/h4-5,8,11H,3,6-7,9H2,1-2H3. The van der Waals surface area contributed by atoms with Crippen LogP contribution in [0.1, 0.15) is 23.7 Å². The third-order valence-electron chi connectivity index (χ3n) is 3.56. The second-order valence-corrected chi connectivity index (χ2v) is 7.69. The van der Waals surface area contributed by atoms with Crippen LogP contribution in [0.3, 0.4) is 0 Å². The highest BCUT2D eigenvalue weighted by Crippen LogP contribution is 2.27. The molecular weight excluding hydrogens is 314 g/mol. The molecule has 1 aromatic carbocycles. The average molecular weight is 332 g/mol. The number of nitrogens with zero attached hydrogens (tertiary/aromatic N) is 1. The van der Waals surface area contributed by atoms with E-state index in [1.807, 2.05) is 6.92 Å². The number of sulfone groups is 1. The fourth-order valence-electron chi connectivity index (χ4n) is 2.36. The van der Waals surface area contributed by atoms with Crippen LogP contribution in [0.15, 0.2) is 18.2 Å². The highest BCUT2D eigenvalue weighted by molar-refractivity contribution is 7.91. The van der Waals surface area contributed by atoms with Gasteiger partial charge in [-0.25, -0.2) is 8.42 Å². The first-order chi connectivity index (χ1) is 9.84. The number of rotatable bonds is 4. The van der Waals surface area contributed by atoms with Crippen LogP contribution in [0.25, 0.3) is 0 Å². The minimum Gasteiger partial charge on any atom is -0.492 e. The smallest absolute Gasteiger partial charge is 0.253 e. The number of ether oxygens (including phenoxy) is 1. The molecule has 1 amide bonds. The van der Waals surface area contributed by atoms with Gasteiger partial charge >= 0.3 is 0 Å². The van der Waals surface area contributed by atoms with E-state index in [1.165, 1.54) is 4.90 Å². The van der Waals surface area contributed by atoms with Gasteiger partial charge in [0, 0.05) is 18.7 Å². The van der Waals surface area contributed by atoms with Gasteiger partial charge in [-0.3, -0.25) is 4.79 Å². The molecule has 1 fully saturated rings. The number of benzene rings is 1. The lowest BCUT2D eigenvalue weighted by Gasteiger charge is -2.23. The van der Waals surface area contributed by atoms with Gasteiger partial charge in [0.25, 0.3) is 5.91 Å². The molecule has 1 aromatic rings. The third-order valence-corrected chi connectivity index (χ3v) is 5.60. The van der Waals surface area contributed by atoms with Crippen molar-refractivity contribution in [2.24, 2.45) is 0 Å². The van der Waals surface area contributed by atoms with Gasteiger partial charge in [0.2, 0.25) is 0 Å². The van der Waals surface area contributed by atoms with Gasteiger partial charge in [-0.05, 0) is 31.5 Å². The molecule has 0 aliphatic carbocycles. The lowest BCUT2D eigenvalue weighted by atomic mass is 10.1. The van der Waals surface area contributed by atoms with Crippen LogP contribution < -0.4 is 4.74 Å². The summed E-state index contributed by atoms with van der Waals surface area (Å²) in [6.45, 7) is 2.34. The molecule has 0 N–H and O–H groups in total. The summed E-state index contributed by atoms with van der Waals surface area (Å²) in [4.78, 5) is 13.9. The second kappa shape index (κ2) is 6.23. The number of hydrogen-bond acceptors (Lipinski definition) is 4. The van der Waals surface area contributed by atoms with Crippen molar-refractivity contribution < 1.29 is 17.9 Å². The maximum atomic E-state index is 12.4. The zero-order valence-corrected chi connectivity index (χ0v) is 13.6. The Morgan fingerprint density at radius 3 is 2.71 bits per heavy atom. The van der Waals surface area contributed by atoms with Crippen molar-refractivity contribution in [3.05, 3.63) is 28.8 Å². The van der Waals surface area contributed by atoms with Crippen LogP contribution in [-0.4, -0.2) is 50.4 Å². The Kier molecular flexibility index (Phi) is 4.78. The summed E-state index contributed by atoms with van der Waals surface area (Å²) in [5.74, 6) is 0.461. The van der Waals surface area contributed by atoms with Crippen molar-refractivity contribution in [3.8, 4) is 5.75 Å². The minimum atomic E-state index is -3.02. The van der Waals surface area contributed by atoms with E-state index in [-0.39, 0.29) is 23.5 Å². The van der Waals surface area contributed by atoms with Crippen LogP contribution in [0.5, 0.6) is 5.75 Å². The molecule has 0 radical (unpaired) electrons. The predicted octanol–water partition coefficient (Wildman–Crippen LogP) is 2.00. The number of carbonyl (C=O) groups is 1. The fraction of sp³-hybridized carbons (Fsp3) is 0.500. The van der Waals surface area contributed by atoms with E-state index in [9.17, 15) is 13.2 Å². The van der Waals surface area contributed by atoms with Crippen molar-refractivity contribution in [2.75, 3.05) is 25.2 Å². The molecule has 0 spiro atoms. The first kappa shape index (κ1) is 16.1. The van der Waals surface area contributed by atoms with Gasteiger partial charge in [0.15, 0.2) is 9.84 Å². The number of halogens is 1. The molecule has 116 valence electrons. The molecule has 1 atom stereocenters. The van der Waals surface area contributed by atoms with Gasteiger partial charge in [0.05, 0.1) is 23.1 Å². The molecule has 1 aliphatic heterocycles. The monoisotopic (exact) mass is 331 g/mol. The summed E-state index contributed by atoms with van der Waals surface area (Å²) in [6, 6.07) is 4.57. The summed E-state index contributed by atoms with van der Waals surface area (Å²) in [6.07, 6.45) is 0.481. The first-order valence-corrected chi connectivity index (χ1v) is 8.94. The van der Waals surface area contributed by atoms with E-state index in [0.29, 0.717) is 29.4 Å². The Morgan fingerprint density at radius 1 is 1.48 bits per heavy atom. The van der Waals surface area contributed by atoms with E-state index in [0.717, 1.165) is 0 Å². The lowest BCUT2D eigenvalue weighted by Crippen LogP contribution is -2.37. The predicted molar refractivity (Wildman–Crippen MR) is 81.8 cm³/mol. The Morgan fingerprint density at radius 2 is 2.19 bits per heavy atom. The fourth-order valence-corrected chi connectivity index (χ4v) is 4.37. The van der Waals surface area contributed by atoms with E-state index in [1.54, 1.807) is 25.2 Å². The Balaban J connectivity index is 2.14. The highest BCUT2D eigenvalue weighted by atomic mass is 35.5. The molecular formula is C14H18ClNO4S. The van der Waals surface area contributed by atoms with Crippen LogP contribution >= 0.6 is 11.6 Å². The minimum absolute atomic E-state index is 0.0278. The van der Waals surface area contributed by atoms with Gasteiger partial charge in [-0.15, -0.1) is 0 Å². The van der Waals surface area contributed by atoms with Crippen LogP contribution in [0, 0.1) is 0 Å². The Hall–Kier alpha value is -1.27. The summed E-state index contributed by atoms with van der Waals surface area (Å²) in [5.41, 5.74) is 0.426. The molecule has 21 heavy (non-hydrogen) atoms. The zero-order valence-electron chi connectivity index (χ0n) is 12.0. The van der Waals surface area contributed by atoms with E-state index in [4.69, 9.17) is 16.3 Å². The van der Waals surface area contributed by atoms with Crippen molar-refractivity contribution in [2.45, 2.75) is 19.4 Å². The topological polar surface area (TPSA) is 63.7 Å². The molecule has 2 rings (SSSR count). The molecule has 1 heterocycles. The van der Waals surface area contributed by atoms with Gasteiger partial charge in [0.1, 0.15) is 5.75 Å². The Bertz CT molecular complexity index is 644. The summed E-state index contributed by atoms with van der Waals surface area (Å²) >= 11 is 6.07. The number of carbonyl (C=O) groups excluding carboxylic acids is 1.